The smallest absolute Gasteiger partial charge is 0.331 e. The molecule has 0 heterocycles. The predicted octanol–water partition coefficient (Wildman–Crippen LogP) is 5.76. The number of hydrogen-bond acceptors (Lipinski definition) is 6. The van der Waals surface area contributed by atoms with E-state index in [0.29, 0.717) is 0 Å². The van der Waals surface area contributed by atoms with Crippen LogP contribution < -0.4 is 30.6 Å². The molecule has 0 aromatic heterocycles. The summed E-state index contributed by atoms with van der Waals surface area (Å²) in [4.78, 5) is 15.8. The van der Waals surface area contributed by atoms with Gasteiger partial charge in [0.2, 0.25) is 0 Å². The number of ether oxygens (including phenoxy) is 3. The first-order chi connectivity index (χ1) is 22.3. The topological polar surface area (TPSA) is 66.4 Å². The summed E-state index contributed by atoms with van der Waals surface area (Å²) in [6.45, 7) is 11.2. The molecule has 0 saturated carbocycles. The SMILES string of the molecule is C=CC[S+](CC=C)CC(=NOC(C)=O)c1ccccc1.COc1ccc([B-](C)(c2ccc(OC)cc2)c2ccc(OC)cc2)cc1. The van der Waals surface area contributed by atoms with Crippen LogP contribution in [-0.2, 0) is 20.5 Å². The van der Waals surface area contributed by atoms with Crippen molar-refractivity contribution in [2.24, 2.45) is 5.16 Å². The quantitative estimate of drug-likeness (QED) is 0.0440. The number of nitrogens with zero attached hydrogens (tertiary/aromatic N) is 1. The van der Waals surface area contributed by atoms with Gasteiger partial charge >= 0.3 is 5.97 Å². The van der Waals surface area contributed by atoms with Crippen molar-refractivity contribution in [3.8, 4) is 17.2 Å². The van der Waals surface area contributed by atoms with Crippen molar-refractivity contribution in [2.45, 2.75) is 13.7 Å². The van der Waals surface area contributed by atoms with Gasteiger partial charge in [-0.3, -0.25) is 0 Å². The van der Waals surface area contributed by atoms with Gasteiger partial charge in [0.1, 0.15) is 34.5 Å². The number of carbonyl (C=O) groups excluding carboxylic acids is 1. The molecule has 0 N–H and O–H groups in total. The second kappa shape index (κ2) is 18.3. The molecule has 0 aliphatic heterocycles. The van der Waals surface area contributed by atoms with Gasteiger partial charge < -0.3 is 19.0 Å². The van der Waals surface area contributed by atoms with E-state index in [0.717, 1.165) is 45.8 Å². The third kappa shape index (κ3) is 9.91. The number of benzene rings is 4. The fourth-order valence-electron chi connectivity index (χ4n) is 5.17. The predicted molar refractivity (Wildman–Crippen MR) is 197 cm³/mol. The number of oxime groups is 1. The van der Waals surface area contributed by atoms with Crippen molar-refractivity contribution in [1.82, 2.24) is 0 Å². The summed E-state index contributed by atoms with van der Waals surface area (Å²) in [6, 6.07) is 34.7. The van der Waals surface area contributed by atoms with Crippen LogP contribution in [0.2, 0.25) is 6.82 Å². The van der Waals surface area contributed by atoms with Gasteiger partial charge in [-0.2, -0.15) is 23.2 Å². The minimum Gasteiger partial charge on any atom is -0.497 e. The Morgan fingerprint density at radius 3 is 1.41 bits per heavy atom. The molecule has 0 unspecified atom stereocenters. The number of carbonyl (C=O) groups is 1. The average Bonchev–Trinajstić information content (AvgIpc) is 3.10. The molecule has 0 bridgehead atoms. The monoisotopic (exact) mass is 637 g/mol. The third-order valence-electron chi connectivity index (χ3n) is 7.79. The van der Waals surface area contributed by atoms with Crippen LogP contribution in [0.25, 0.3) is 0 Å². The Morgan fingerprint density at radius 2 is 1.09 bits per heavy atom. The third-order valence-corrected chi connectivity index (χ3v) is 9.88. The summed E-state index contributed by atoms with van der Waals surface area (Å²) in [7, 11) is 5.13. The normalized spacial score (nSPS) is 11.1. The lowest BCUT2D eigenvalue weighted by Crippen LogP contribution is -2.64. The van der Waals surface area contributed by atoms with E-state index in [1.54, 1.807) is 21.3 Å². The molecule has 4 aromatic carbocycles. The summed E-state index contributed by atoms with van der Waals surface area (Å²) in [5.41, 5.74) is 5.51. The van der Waals surface area contributed by atoms with E-state index in [-0.39, 0.29) is 10.9 Å². The maximum absolute atomic E-state index is 11.0. The molecule has 0 aliphatic rings. The lowest BCUT2D eigenvalue weighted by molar-refractivity contribution is -0.140. The average molecular weight is 638 g/mol. The molecular weight excluding hydrogens is 593 g/mol. The van der Waals surface area contributed by atoms with Crippen LogP contribution in [0.1, 0.15) is 12.5 Å². The second-order valence-corrected chi connectivity index (χ2v) is 13.0. The van der Waals surface area contributed by atoms with Crippen molar-refractivity contribution in [3.63, 3.8) is 0 Å². The van der Waals surface area contributed by atoms with E-state index in [9.17, 15) is 4.79 Å². The van der Waals surface area contributed by atoms with E-state index in [2.05, 4.69) is 61.5 Å². The van der Waals surface area contributed by atoms with E-state index >= 15 is 0 Å². The Morgan fingerprint density at radius 1 is 0.696 bits per heavy atom. The summed E-state index contributed by atoms with van der Waals surface area (Å²) in [5.74, 6) is 4.71. The van der Waals surface area contributed by atoms with Crippen LogP contribution in [0.3, 0.4) is 0 Å². The molecule has 0 amide bonds. The van der Waals surface area contributed by atoms with E-state index in [1.807, 2.05) is 78.9 Å². The minimum absolute atomic E-state index is 0.0720. The molecule has 6 nitrogen and oxygen atoms in total. The number of hydrogen-bond donors (Lipinski definition) is 0. The highest BCUT2D eigenvalue weighted by atomic mass is 32.2. The zero-order valence-corrected chi connectivity index (χ0v) is 28.3. The van der Waals surface area contributed by atoms with Crippen LogP contribution in [0.4, 0.5) is 0 Å². The fourth-order valence-corrected chi connectivity index (χ4v) is 6.81. The molecule has 4 rings (SSSR count). The largest absolute Gasteiger partial charge is 0.497 e. The van der Waals surface area contributed by atoms with Crippen molar-refractivity contribution < 1.29 is 23.8 Å². The summed E-state index contributed by atoms with van der Waals surface area (Å²) in [5, 5.41) is 4.00. The molecule has 46 heavy (non-hydrogen) atoms. The molecule has 0 fully saturated rings. The zero-order valence-electron chi connectivity index (χ0n) is 27.5. The van der Waals surface area contributed by atoms with Crippen LogP contribution >= 0.6 is 0 Å². The Balaban J connectivity index is 0.000000260. The van der Waals surface area contributed by atoms with Gasteiger partial charge in [-0.05, 0) is 48.6 Å². The van der Waals surface area contributed by atoms with Gasteiger partial charge in [-0.15, -0.1) is 0 Å². The number of rotatable bonds is 14. The van der Waals surface area contributed by atoms with Gasteiger partial charge in [-0.25, -0.2) is 4.79 Å². The maximum Gasteiger partial charge on any atom is 0.331 e. The van der Waals surface area contributed by atoms with Crippen molar-refractivity contribution in [3.05, 3.63) is 134 Å². The molecule has 0 saturated heterocycles. The van der Waals surface area contributed by atoms with Gasteiger partial charge in [-0.1, -0.05) is 85.0 Å². The van der Waals surface area contributed by atoms with Crippen LogP contribution in [0.15, 0.2) is 134 Å². The molecular formula is C38H44BNO5S. The molecule has 0 spiro atoms. The van der Waals surface area contributed by atoms with Crippen LogP contribution in [0.5, 0.6) is 17.2 Å². The highest BCUT2D eigenvalue weighted by Gasteiger charge is 2.25. The Bertz CT molecular complexity index is 1430. The summed E-state index contributed by atoms with van der Waals surface area (Å²) < 4.78 is 16.0. The molecule has 4 aromatic rings. The van der Waals surface area contributed by atoms with Gasteiger partial charge in [0.25, 0.3) is 0 Å². The van der Waals surface area contributed by atoms with Crippen molar-refractivity contribution in [2.75, 3.05) is 38.6 Å². The van der Waals surface area contributed by atoms with Crippen molar-refractivity contribution >= 4 is 45.1 Å². The Labute approximate surface area is 277 Å². The van der Waals surface area contributed by atoms with E-state index < -0.39 is 12.1 Å². The van der Waals surface area contributed by atoms with E-state index in [4.69, 9.17) is 19.0 Å². The second-order valence-electron chi connectivity index (χ2n) is 10.8. The van der Waals surface area contributed by atoms with Crippen LogP contribution in [0, 0.1) is 0 Å². The molecule has 0 aliphatic carbocycles. The standard InChI is InChI=1S/C22H24BO3.C16H20NO2S/c1-23(17-5-11-20(24-2)12-6-17,18-7-13-21(25-3)14-8-18)19-9-15-22(26-4)16-10-19;1-4-11-20(12-5-2)13-16(17-19-14(3)18)15-9-7-6-8-10-15/h5-16H,1-4H3;4-10H,1-2,11-13H2,3H3/q-1;+1. The highest BCUT2D eigenvalue weighted by molar-refractivity contribution is 7.97. The first-order valence-electron chi connectivity index (χ1n) is 15.1. The maximum atomic E-state index is 11.0. The van der Waals surface area contributed by atoms with Gasteiger partial charge in [0.15, 0.2) is 5.75 Å². The van der Waals surface area contributed by atoms with Crippen LogP contribution in [-0.4, -0.2) is 56.4 Å². The van der Waals surface area contributed by atoms with Crippen molar-refractivity contribution in [1.29, 1.82) is 0 Å². The number of methoxy groups -OCH3 is 3. The molecule has 0 atom stereocenters. The van der Waals surface area contributed by atoms with E-state index in [1.165, 1.54) is 23.3 Å². The summed E-state index contributed by atoms with van der Waals surface area (Å²) in [6.07, 6.45) is 2.67. The zero-order chi connectivity index (χ0) is 33.4. The Hall–Kier alpha value is -4.69. The lowest BCUT2D eigenvalue weighted by Gasteiger charge is -2.39. The van der Waals surface area contributed by atoms with Gasteiger partial charge in [0, 0.05) is 23.4 Å². The molecule has 240 valence electrons. The molecule has 8 heteroatoms. The first kappa shape index (κ1) is 35.8. The molecule has 0 radical (unpaired) electrons. The summed E-state index contributed by atoms with van der Waals surface area (Å²) >= 11 is 0. The first-order valence-corrected chi connectivity index (χ1v) is 16.8. The highest BCUT2D eigenvalue weighted by Crippen LogP contribution is 2.16. The lowest BCUT2D eigenvalue weighted by atomic mass is 9.17. The fraction of sp³-hybridized carbons (Fsp3) is 0.211. The Kier molecular flexibility index (Phi) is 14.3. The van der Waals surface area contributed by atoms with Gasteiger partial charge in [0.05, 0.1) is 27.5 Å². The minimum atomic E-state index is -1.14.